The summed E-state index contributed by atoms with van der Waals surface area (Å²) in [4.78, 5) is 39.0. The van der Waals surface area contributed by atoms with Gasteiger partial charge in [0.2, 0.25) is 11.8 Å². The number of anilines is 1. The quantitative estimate of drug-likeness (QED) is 0.830. The van der Waals surface area contributed by atoms with Crippen LogP contribution in [0.2, 0.25) is 0 Å². The number of carbonyl (C=O) groups is 3. The van der Waals surface area contributed by atoms with Gasteiger partial charge in [0, 0.05) is 29.8 Å². The standard InChI is InChI=1S/C20H18F3N3O3/c21-20(22,23)15-4-1-3-14(11-15)19(29)26(12-25-10-2-5-17(25)27)16-8-6-13(7-9-16)18(24)28/h1,3-4,6-9,11H,2,5,10,12H2,(H2,24,28). The van der Waals surface area contributed by atoms with Gasteiger partial charge in [0.25, 0.3) is 5.91 Å². The molecule has 3 rings (SSSR count). The van der Waals surface area contributed by atoms with E-state index >= 15 is 0 Å². The Morgan fingerprint density at radius 1 is 1.07 bits per heavy atom. The van der Waals surface area contributed by atoms with Crippen molar-refractivity contribution >= 4 is 23.4 Å². The number of hydrogen-bond donors (Lipinski definition) is 1. The van der Waals surface area contributed by atoms with Crippen molar-refractivity contribution in [2.75, 3.05) is 18.1 Å². The van der Waals surface area contributed by atoms with Crippen LogP contribution in [0, 0.1) is 0 Å². The summed E-state index contributed by atoms with van der Waals surface area (Å²) in [7, 11) is 0. The third kappa shape index (κ3) is 4.56. The van der Waals surface area contributed by atoms with Crippen LogP contribution in [-0.4, -0.2) is 35.8 Å². The number of benzene rings is 2. The number of carbonyl (C=O) groups excluding carboxylic acids is 3. The van der Waals surface area contributed by atoms with Crippen molar-refractivity contribution in [3.63, 3.8) is 0 Å². The molecule has 3 amide bonds. The number of rotatable bonds is 5. The van der Waals surface area contributed by atoms with Crippen LogP contribution in [-0.2, 0) is 11.0 Å². The lowest BCUT2D eigenvalue weighted by atomic mass is 10.1. The van der Waals surface area contributed by atoms with Gasteiger partial charge in [-0.2, -0.15) is 13.2 Å². The summed E-state index contributed by atoms with van der Waals surface area (Å²) in [6.45, 7) is 0.342. The zero-order chi connectivity index (χ0) is 21.2. The first-order chi connectivity index (χ1) is 13.7. The number of halogens is 3. The first-order valence-electron chi connectivity index (χ1n) is 8.83. The molecule has 0 spiro atoms. The molecule has 2 aromatic rings. The van der Waals surface area contributed by atoms with Crippen LogP contribution in [0.1, 0.15) is 39.1 Å². The molecule has 1 aliphatic heterocycles. The molecule has 9 heteroatoms. The average Bonchev–Trinajstić information content (AvgIpc) is 3.09. The largest absolute Gasteiger partial charge is 0.416 e. The van der Waals surface area contributed by atoms with Crippen molar-refractivity contribution in [2.45, 2.75) is 19.0 Å². The van der Waals surface area contributed by atoms with Crippen LogP contribution in [0.15, 0.2) is 48.5 Å². The maximum absolute atomic E-state index is 13.1. The molecule has 0 radical (unpaired) electrons. The van der Waals surface area contributed by atoms with Gasteiger partial charge in [-0.25, -0.2) is 0 Å². The highest BCUT2D eigenvalue weighted by Crippen LogP contribution is 2.30. The van der Waals surface area contributed by atoms with Crippen LogP contribution in [0.5, 0.6) is 0 Å². The summed E-state index contributed by atoms with van der Waals surface area (Å²) in [5, 5.41) is 0. The highest BCUT2D eigenvalue weighted by Gasteiger charge is 2.32. The Balaban J connectivity index is 1.96. The number of nitrogens with zero attached hydrogens (tertiary/aromatic N) is 2. The monoisotopic (exact) mass is 405 g/mol. The second-order valence-corrected chi connectivity index (χ2v) is 6.63. The Bertz CT molecular complexity index is 942. The Hall–Kier alpha value is -3.36. The van der Waals surface area contributed by atoms with Gasteiger partial charge in [-0.3, -0.25) is 19.3 Å². The van der Waals surface area contributed by atoms with Crippen molar-refractivity contribution in [2.24, 2.45) is 5.73 Å². The predicted molar refractivity (Wildman–Crippen MR) is 99.0 cm³/mol. The number of primary amides is 1. The van der Waals surface area contributed by atoms with Gasteiger partial charge < -0.3 is 10.6 Å². The second kappa shape index (κ2) is 7.94. The highest BCUT2D eigenvalue weighted by molar-refractivity contribution is 6.06. The minimum Gasteiger partial charge on any atom is -0.366 e. The first kappa shape index (κ1) is 20.4. The summed E-state index contributed by atoms with van der Waals surface area (Å²) in [5.74, 6) is -1.48. The number of alkyl halides is 3. The van der Waals surface area contributed by atoms with Gasteiger partial charge in [-0.05, 0) is 48.9 Å². The third-order valence-electron chi connectivity index (χ3n) is 4.63. The number of amides is 3. The molecule has 1 fully saturated rings. The van der Waals surface area contributed by atoms with Gasteiger partial charge in [0.05, 0.1) is 5.56 Å². The molecule has 1 aliphatic rings. The van der Waals surface area contributed by atoms with Gasteiger partial charge in [0.15, 0.2) is 0 Å². The van der Waals surface area contributed by atoms with E-state index in [-0.39, 0.29) is 23.7 Å². The van der Waals surface area contributed by atoms with Crippen LogP contribution >= 0.6 is 0 Å². The Morgan fingerprint density at radius 2 is 1.76 bits per heavy atom. The maximum Gasteiger partial charge on any atom is 0.416 e. The Kier molecular flexibility index (Phi) is 5.58. The second-order valence-electron chi connectivity index (χ2n) is 6.63. The smallest absolute Gasteiger partial charge is 0.366 e. The van der Waals surface area contributed by atoms with Crippen molar-refractivity contribution in [1.82, 2.24) is 4.90 Å². The van der Waals surface area contributed by atoms with Gasteiger partial charge in [-0.1, -0.05) is 6.07 Å². The van der Waals surface area contributed by atoms with Crippen molar-refractivity contribution in [3.8, 4) is 0 Å². The Labute approximate surface area is 164 Å². The topological polar surface area (TPSA) is 83.7 Å². The van der Waals surface area contributed by atoms with Crippen LogP contribution in [0.4, 0.5) is 18.9 Å². The molecule has 0 aliphatic carbocycles. The lowest BCUT2D eigenvalue weighted by Crippen LogP contribution is -2.42. The molecule has 0 aromatic heterocycles. The molecule has 0 atom stereocenters. The van der Waals surface area contributed by atoms with Crippen LogP contribution in [0.3, 0.4) is 0 Å². The molecule has 1 heterocycles. The normalized spacial score (nSPS) is 14.2. The minimum absolute atomic E-state index is 0.107. The fourth-order valence-electron chi connectivity index (χ4n) is 3.08. The van der Waals surface area contributed by atoms with E-state index in [9.17, 15) is 27.6 Å². The molecule has 2 N–H and O–H groups in total. The molecule has 0 unspecified atom stereocenters. The van der Waals surface area contributed by atoms with E-state index in [2.05, 4.69) is 0 Å². The molecule has 0 bridgehead atoms. The fraction of sp³-hybridized carbons (Fsp3) is 0.250. The van der Waals surface area contributed by atoms with Gasteiger partial charge in [0.1, 0.15) is 6.67 Å². The minimum atomic E-state index is -4.59. The predicted octanol–water partition coefficient (Wildman–Crippen LogP) is 3.03. The van der Waals surface area contributed by atoms with E-state index in [0.29, 0.717) is 25.1 Å². The fourth-order valence-corrected chi connectivity index (χ4v) is 3.08. The maximum atomic E-state index is 13.1. The third-order valence-corrected chi connectivity index (χ3v) is 4.63. The molecule has 1 saturated heterocycles. The number of likely N-dealkylation sites (tertiary alicyclic amines) is 1. The molecule has 29 heavy (non-hydrogen) atoms. The SMILES string of the molecule is NC(=O)c1ccc(N(CN2CCCC2=O)C(=O)c2cccc(C(F)(F)F)c2)cc1. The zero-order valence-corrected chi connectivity index (χ0v) is 15.3. The van der Waals surface area contributed by atoms with Crippen molar-refractivity contribution in [3.05, 3.63) is 65.2 Å². The van der Waals surface area contributed by atoms with Crippen LogP contribution < -0.4 is 10.6 Å². The highest BCUT2D eigenvalue weighted by atomic mass is 19.4. The van der Waals surface area contributed by atoms with Gasteiger partial charge in [-0.15, -0.1) is 0 Å². The average molecular weight is 405 g/mol. The number of nitrogens with two attached hydrogens (primary N) is 1. The summed E-state index contributed by atoms with van der Waals surface area (Å²) in [6.07, 6.45) is -3.59. The lowest BCUT2D eigenvalue weighted by molar-refractivity contribution is -0.137. The first-order valence-corrected chi connectivity index (χ1v) is 8.83. The molecule has 0 saturated carbocycles. The molecule has 2 aromatic carbocycles. The van der Waals surface area contributed by atoms with E-state index in [1.165, 1.54) is 40.1 Å². The van der Waals surface area contributed by atoms with E-state index in [4.69, 9.17) is 5.73 Å². The lowest BCUT2D eigenvalue weighted by Gasteiger charge is -2.28. The summed E-state index contributed by atoms with van der Waals surface area (Å²) < 4.78 is 39.1. The summed E-state index contributed by atoms with van der Waals surface area (Å²) in [6, 6.07) is 9.86. The summed E-state index contributed by atoms with van der Waals surface area (Å²) >= 11 is 0. The molecule has 6 nitrogen and oxygen atoms in total. The summed E-state index contributed by atoms with van der Waals surface area (Å²) in [5.41, 5.74) is 4.67. The van der Waals surface area contributed by atoms with E-state index in [1.807, 2.05) is 0 Å². The van der Waals surface area contributed by atoms with Crippen molar-refractivity contribution < 1.29 is 27.6 Å². The Morgan fingerprint density at radius 3 is 2.31 bits per heavy atom. The van der Waals surface area contributed by atoms with E-state index in [0.717, 1.165) is 18.2 Å². The molecular formula is C20H18F3N3O3. The van der Waals surface area contributed by atoms with Crippen LogP contribution in [0.25, 0.3) is 0 Å². The van der Waals surface area contributed by atoms with Gasteiger partial charge >= 0.3 is 6.18 Å². The molecule has 152 valence electrons. The van der Waals surface area contributed by atoms with Crippen molar-refractivity contribution in [1.29, 1.82) is 0 Å². The molecular weight excluding hydrogens is 387 g/mol. The van der Waals surface area contributed by atoms with E-state index < -0.39 is 23.6 Å². The number of hydrogen-bond acceptors (Lipinski definition) is 3. The van der Waals surface area contributed by atoms with E-state index in [1.54, 1.807) is 0 Å². The zero-order valence-electron chi connectivity index (χ0n) is 15.3.